The predicted octanol–water partition coefficient (Wildman–Crippen LogP) is 4.72. The van der Waals surface area contributed by atoms with E-state index >= 15 is 0 Å². The van der Waals surface area contributed by atoms with Crippen LogP contribution in [0.15, 0.2) is 35.5 Å². The van der Waals surface area contributed by atoms with E-state index in [1.54, 1.807) is 0 Å². The smallest absolute Gasteiger partial charge is 0.239 e. The van der Waals surface area contributed by atoms with Crippen LogP contribution < -0.4 is 5.32 Å². The number of benzene rings is 1. The van der Waals surface area contributed by atoms with E-state index in [0.29, 0.717) is 5.13 Å². The number of thioether (sulfide) groups is 1. The van der Waals surface area contributed by atoms with Gasteiger partial charge in [0, 0.05) is 16.5 Å². The van der Waals surface area contributed by atoms with E-state index in [4.69, 9.17) is 0 Å². The number of thiazole rings is 1. The summed E-state index contributed by atoms with van der Waals surface area (Å²) < 4.78 is 2.07. The average Bonchev–Trinajstić information content (AvgIpc) is 3.19. The maximum Gasteiger partial charge on any atom is 0.239 e. The molecule has 1 amide bonds. The van der Waals surface area contributed by atoms with Crippen molar-refractivity contribution >= 4 is 34.1 Å². The third-order valence-corrected chi connectivity index (χ3v) is 6.17. The van der Waals surface area contributed by atoms with Gasteiger partial charge in [0.1, 0.15) is 0 Å². The molecule has 0 bridgehead atoms. The van der Waals surface area contributed by atoms with E-state index in [1.807, 2.05) is 51.1 Å². The summed E-state index contributed by atoms with van der Waals surface area (Å²) in [4.78, 5) is 18.1. The van der Waals surface area contributed by atoms with Gasteiger partial charge in [0.15, 0.2) is 16.1 Å². The molecule has 0 aliphatic rings. The molecule has 142 valence electrons. The molecule has 8 heteroatoms. The lowest BCUT2D eigenvalue weighted by molar-refractivity contribution is -0.115. The number of nitrogens with one attached hydrogen (secondary N) is 1. The molecule has 0 fully saturated rings. The standard InChI is InChI=1S/C19H23N5OS2/c1-11(2)24-16(15-9-7-6-8-10-15)22-23-19(24)27-14(5)17(25)21-18-20-12(3)13(4)26-18/h6-11,14H,1-5H3,(H,20,21,25)/t14-/m1/s1. The second kappa shape index (κ2) is 8.22. The number of rotatable bonds is 6. The fourth-order valence-electron chi connectivity index (χ4n) is 2.55. The van der Waals surface area contributed by atoms with Crippen LogP contribution in [0.3, 0.4) is 0 Å². The summed E-state index contributed by atoms with van der Waals surface area (Å²) >= 11 is 2.90. The van der Waals surface area contributed by atoms with Gasteiger partial charge in [-0.25, -0.2) is 4.98 Å². The van der Waals surface area contributed by atoms with E-state index in [-0.39, 0.29) is 17.2 Å². The molecule has 1 N–H and O–H groups in total. The zero-order chi connectivity index (χ0) is 19.6. The first-order valence-corrected chi connectivity index (χ1v) is 10.5. The molecule has 2 heterocycles. The van der Waals surface area contributed by atoms with Crippen LogP contribution in [0.1, 0.15) is 37.4 Å². The van der Waals surface area contributed by atoms with Crippen LogP contribution >= 0.6 is 23.1 Å². The van der Waals surface area contributed by atoms with Crippen molar-refractivity contribution in [2.75, 3.05) is 5.32 Å². The number of carbonyl (C=O) groups is 1. The van der Waals surface area contributed by atoms with Crippen LogP contribution in [0.2, 0.25) is 0 Å². The van der Waals surface area contributed by atoms with Gasteiger partial charge < -0.3 is 5.32 Å². The van der Waals surface area contributed by atoms with Crippen molar-refractivity contribution in [1.29, 1.82) is 0 Å². The van der Waals surface area contributed by atoms with Crippen molar-refractivity contribution in [1.82, 2.24) is 19.7 Å². The Labute approximate surface area is 167 Å². The highest BCUT2D eigenvalue weighted by molar-refractivity contribution is 8.00. The van der Waals surface area contributed by atoms with Gasteiger partial charge in [-0.2, -0.15) is 0 Å². The van der Waals surface area contributed by atoms with Crippen molar-refractivity contribution in [2.45, 2.75) is 51.1 Å². The van der Waals surface area contributed by atoms with Crippen LogP contribution in [-0.4, -0.2) is 30.9 Å². The first-order valence-electron chi connectivity index (χ1n) is 8.78. The van der Waals surface area contributed by atoms with Crippen molar-refractivity contribution in [3.05, 3.63) is 40.9 Å². The highest BCUT2D eigenvalue weighted by Gasteiger charge is 2.23. The summed E-state index contributed by atoms with van der Waals surface area (Å²) in [5, 5.41) is 12.7. The van der Waals surface area contributed by atoms with E-state index in [2.05, 4.69) is 38.9 Å². The summed E-state index contributed by atoms with van der Waals surface area (Å²) in [6.07, 6.45) is 0. The lowest BCUT2D eigenvalue weighted by Crippen LogP contribution is -2.23. The third-order valence-electron chi connectivity index (χ3n) is 4.12. The van der Waals surface area contributed by atoms with Gasteiger partial charge in [-0.15, -0.1) is 21.5 Å². The van der Waals surface area contributed by atoms with Crippen molar-refractivity contribution in [2.24, 2.45) is 0 Å². The SMILES string of the molecule is Cc1nc(NC(=O)[C@@H](C)Sc2nnc(-c3ccccc3)n2C(C)C)sc1C. The Morgan fingerprint density at radius 1 is 1.15 bits per heavy atom. The molecule has 0 saturated heterocycles. The predicted molar refractivity (Wildman–Crippen MR) is 111 cm³/mol. The number of anilines is 1. The summed E-state index contributed by atoms with van der Waals surface area (Å²) in [5.74, 6) is 0.722. The molecule has 0 saturated carbocycles. The minimum Gasteiger partial charge on any atom is -0.301 e. The molecule has 2 aromatic heterocycles. The van der Waals surface area contributed by atoms with Crippen LogP contribution in [0.5, 0.6) is 0 Å². The minimum absolute atomic E-state index is 0.0895. The second-order valence-electron chi connectivity index (χ2n) is 6.55. The molecule has 3 aromatic rings. The van der Waals surface area contributed by atoms with E-state index < -0.39 is 0 Å². The van der Waals surface area contributed by atoms with E-state index in [9.17, 15) is 4.79 Å². The van der Waals surface area contributed by atoms with Crippen molar-refractivity contribution < 1.29 is 4.79 Å². The summed E-state index contributed by atoms with van der Waals surface area (Å²) in [5.41, 5.74) is 1.96. The Bertz CT molecular complexity index is 913. The largest absolute Gasteiger partial charge is 0.301 e. The van der Waals surface area contributed by atoms with Gasteiger partial charge in [0.05, 0.1) is 10.9 Å². The molecular formula is C19H23N5OS2. The number of aromatic nitrogens is 4. The molecule has 1 aromatic carbocycles. The molecule has 0 radical (unpaired) electrons. The highest BCUT2D eigenvalue weighted by atomic mass is 32.2. The maximum atomic E-state index is 12.6. The average molecular weight is 402 g/mol. The zero-order valence-electron chi connectivity index (χ0n) is 16.1. The third kappa shape index (κ3) is 4.39. The number of aryl methyl sites for hydroxylation is 2. The van der Waals surface area contributed by atoms with Gasteiger partial charge in [-0.05, 0) is 34.6 Å². The summed E-state index contributed by atoms with van der Waals surface area (Å²) in [7, 11) is 0. The Kier molecular flexibility index (Phi) is 5.96. The molecule has 27 heavy (non-hydrogen) atoms. The molecular weight excluding hydrogens is 378 g/mol. The second-order valence-corrected chi connectivity index (χ2v) is 9.06. The minimum atomic E-state index is -0.320. The molecule has 1 atom stereocenters. The van der Waals surface area contributed by atoms with Crippen LogP contribution in [-0.2, 0) is 4.79 Å². The van der Waals surface area contributed by atoms with Crippen LogP contribution in [0.4, 0.5) is 5.13 Å². The topological polar surface area (TPSA) is 72.7 Å². The number of hydrogen-bond acceptors (Lipinski definition) is 6. The van der Waals surface area contributed by atoms with Crippen molar-refractivity contribution in [3.63, 3.8) is 0 Å². The number of carbonyl (C=O) groups excluding carboxylic acids is 1. The number of nitrogens with zero attached hydrogens (tertiary/aromatic N) is 4. The number of hydrogen-bond donors (Lipinski definition) is 1. The van der Waals surface area contributed by atoms with Gasteiger partial charge in [0.2, 0.25) is 5.91 Å². The summed E-state index contributed by atoms with van der Waals surface area (Å²) in [6.45, 7) is 9.99. The van der Waals surface area contributed by atoms with E-state index in [0.717, 1.165) is 27.1 Å². The maximum absolute atomic E-state index is 12.6. The molecule has 0 spiro atoms. The van der Waals surface area contributed by atoms with E-state index in [1.165, 1.54) is 23.1 Å². The fraction of sp³-hybridized carbons (Fsp3) is 0.368. The lowest BCUT2D eigenvalue weighted by atomic mass is 10.2. The molecule has 3 rings (SSSR count). The molecule has 6 nitrogen and oxygen atoms in total. The Morgan fingerprint density at radius 3 is 2.44 bits per heavy atom. The molecule has 0 unspecified atom stereocenters. The van der Waals surface area contributed by atoms with Crippen molar-refractivity contribution in [3.8, 4) is 11.4 Å². The molecule has 0 aliphatic carbocycles. The Hall–Kier alpha value is -2.19. The lowest BCUT2D eigenvalue weighted by Gasteiger charge is -2.15. The Morgan fingerprint density at radius 2 is 1.85 bits per heavy atom. The number of amides is 1. The monoisotopic (exact) mass is 401 g/mol. The van der Waals surface area contributed by atoms with Gasteiger partial charge in [-0.3, -0.25) is 9.36 Å². The van der Waals surface area contributed by atoms with Crippen LogP contribution in [0, 0.1) is 13.8 Å². The van der Waals surface area contributed by atoms with Gasteiger partial charge in [-0.1, -0.05) is 42.1 Å². The van der Waals surface area contributed by atoms with Gasteiger partial charge in [0.25, 0.3) is 0 Å². The first-order chi connectivity index (χ1) is 12.9. The summed E-state index contributed by atoms with van der Waals surface area (Å²) in [6, 6.07) is 10.1. The normalized spacial score (nSPS) is 12.4. The first kappa shape index (κ1) is 19.6. The fourth-order valence-corrected chi connectivity index (χ4v) is 4.35. The van der Waals surface area contributed by atoms with Gasteiger partial charge >= 0.3 is 0 Å². The molecule has 0 aliphatic heterocycles. The quantitative estimate of drug-likeness (QED) is 0.605. The van der Waals surface area contributed by atoms with Crippen LogP contribution in [0.25, 0.3) is 11.4 Å². The zero-order valence-corrected chi connectivity index (χ0v) is 17.7. The Balaban J connectivity index is 1.78. The highest BCUT2D eigenvalue weighted by Crippen LogP contribution is 2.30.